The summed E-state index contributed by atoms with van der Waals surface area (Å²) in [7, 11) is 0. The third-order valence-electron chi connectivity index (χ3n) is 3.66. The molecule has 130 valence electrons. The number of aromatic nitrogens is 1. The molecule has 1 N–H and O–H groups in total. The number of benzene rings is 2. The van der Waals surface area contributed by atoms with E-state index < -0.39 is 5.97 Å². The number of esters is 1. The Morgan fingerprint density at radius 3 is 2.65 bits per heavy atom. The maximum atomic E-state index is 12.1. The average molecular weight is 346 g/mol. The largest absolute Gasteiger partial charge is 0.423 e. The molecule has 0 aliphatic rings. The van der Waals surface area contributed by atoms with Gasteiger partial charge in [0.15, 0.2) is 0 Å². The molecule has 26 heavy (non-hydrogen) atoms. The zero-order chi connectivity index (χ0) is 18.2. The molecule has 0 aliphatic carbocycles. The Labute approximate surface area is 151 Å². The fraction of sp³-hybridized carbons (Fsp3) is 0.0952. The van der Waals surface area contributed by atoms with E-state index in [1.165, 1.54) is 6.08 Å². The quantitative estimate of drug-likeness (QED) is 0.414. The second-order valence-corrected chi connectivity index (χ2v) is 5.60. The van der Waals surface area contributed by atoms with Gasteiger partial charge in [0.1, 0.15) is 5.75 Å². The number of para-hydroxylation sites is 2. The molecule has 1 heterocycles. The van der Waals surface area contributed by atoms with Crippen molar-refractivity contribution in [3.05, 3.63) is 79.0 Å². The highest BCUT2D eigenvalue weighted by Crippen LogP contribution is 2.20. The fourth-order valence-electron chi connectivity index (χ4n) is 2.45. The van der Waals surface area contributed by atoms with Gasteiger partial charge < -0.3 is 10.1 Å². The number of ether oxygens (including phenoxy) is 1. The van der Waals surface area contributed by atoms with Crippen molar-refractivity contribution in [3.63, 3.8) is 0 Å². The standard InChI is InChI=1S/C21H18N2O3/c24-19(23-18-12-6-8-16-9-7-15-22-21(16)18)13-4-5-14-20(25)26-17-10-2-1-3-11-17/h1-3,5-12,14-15H,4,13H2,(H,23,24)/b14-5+. The van der Waals surface area contributed by atoms with Gasteiger partial charge in [-0.1, -0.05) is 42.5 Å². The van der Waals surface area contributed by atoms with Crippen molar-refractivity contribution < 1.29 is 14.3 Å². The monoisotopic (exact) mass is 346 g/mol. The molecule has 1 aromatic heterocycles. The maximum absolute atomic E-state index is 12.1. The van der Waals surface area contributed by atoms with E-state index in [4.69, 9.17) is 4.74 Å². The molecule has 3 aromatic rings. The summed E-state index contributed by atoms with van der Waals surface area (Å²) in [5.41, 5.74) is 1.44. The van der Waals surface area contributed by atoms with E-state index in [1.807, 2.05) is 36.4 Å². The summed E-state index contributed by atoms with van der Waals surface area (Å²) >= 11 is 0. The fourth-order valence-corrected chi connectivity index (χ4v) is 2.45. The Bertz CT molecular complexity index is 931. The number of amides is 1. The van der Waals surface area contributed by atoms with E-state index in [9.17, 15) is 9.59 Å². The van der Waals surface area contributed by atoms with Gasteiger partial charge in [0, 0.05) is 24.1 Å². The van der Waals surface area contributed by atoms with Crippen LogP contribution in [-0.4, -0.2) is 16.9 Å². The molecule has 0 saturated heterocycles. The van der Waals surface area contributed by atoms with Crippen LogP contribution in [0, 0.1) is 0 Å². The lowest BCUT2D eigenvalue weighted by Gasteiger charge is -2.07. The molecule has 2 aromatic carbocycles. The molecule has 0 unspecified atom stereocenters. The highest BCUT2D eigenvalue weighted by Gasteiger charge is 2.06. The van der Waals surface area contributed by atoms with Crippen LogP contribution in [0.4, 0.5) is 5.69 Å². The van der Waals surface area contributed by atoms with E-state index in [-0.39, 0.29) is 12.3 Å². The van der Waals surface area contributed by atoms with Crippen LogP contribution in [0.3, 0.4) is 0 Å². The summed E-state index contributed by atoms with van der Waals surface area (Å²) in [6.07, 6.45) is 5.36. The predicted octanol–water partition coefficient (Wildman–Crippen LogP) is 4.12. The molecule has 5 heteroatoms. The Morgan fingerprint density at radius 1 is 1.00 bits per heavy atom. The number of carbonyl (C=O) groups excluding carboxylic acids is 2. The number of pyridine rings is 1. The first-order valence-electron chi connectivity index (χ1n) is 8.29. The van der Waals surface area contributed by atoms with Crippen molar-refractivity contribution in [1.82, 2.24) is 4.98 Å². The first-order valence-corrected chi connectivity index (χ1v) is 8.29. The van der Waals surface area contributed by atoms with Crippen molar-refractivity contribution in [2.75, 3.05) is 5.32 Å². The SMILES string of the molecule is O=C(CC/C=C/C(=O)Oc1ccccc1)Nc1cccc2cccnc12. The van der Waals surface area contributed by atoms with Gasteiger partial charge in [0.05, 0.1) is 11.2 Å². The number of nitrogens with one attached hydrogen (secondary N) is 1. The van der Waals surface area contributed by atoms with Crippen LogP contribution in [0.15, 0.2) is 79.0 Å². The van der Waals surface area contributed by atoms with Gasteiger partial charge in [0.2, 0.25) is 5.91 Å². The Hall–Kier alpha value is -3.47. The second kappa shape index (κ2) is 8.58. The van der Waals surface area contributed by atoms with Crippen molar-refractivity contribution in [3.8, 4) is 5.75 Å². The summed E-state index contributed by atoms with van der Waals surface area (Å²) in [5.74, 6) is -0.109. The van der Waals surface area contributed by atoms with E-state index in [0.29, 0.717) is 17.9 Å². The molecule has 0 radical (unpaired) electrons. The Morgan fingerprint density at radius 2 is 1.81 bits per heavy atom. The van der Waals surface area contributed by atoms with Crippen LogP contribution in [0.2, 0.25) is 0 Å². The van der Waals surface area contributed by atoms with Crippen LogP contribution in [0.1, 0.15) is 12.8 Å². The van der Waals surface area contributed by atoms with Crippen LogP contribution < -0.4 is 10.1 Å². The summed E-state index contributed by atoms with van der Waals surface area (Å²) in [6.45, 7) is 0. The molecule has 0 bridgehead atoms. The highest BCUT2D eigenvalue weighted by molar-refractivity contribution is 6.00. The lowest BCUT2D eigenvalue weighted by molar-refractivity contribution is -0.129. The maximum Gasteiger partial charge on any atom is 0.335 e. The molecule has 0 fully saturated rings. The van der Waals surface area contributed by atoms with Crippen LogP contribution >= 0.6 is 0 Å². The highest BCUT2D eigenvalue weighted by atomic mass is 16.5. The Kier molecular flexibility index (Phi) is 5.72. The minimum Gasteiger partial charge on any atom is -0.423 e. The van der Waals surface area contributed by atoms with Crippen molar-refractivity contribution >= 4 is 28.5 Å². The summed E-state index contributed by atoms with van der Waals surface area (Å²) in [4.78, 5) is 28.1. The van der Waals surface area contributed by atoms with Gasteiger partial charge in [-0.05, 0) is 30.7 Å². The van der Waals surface area contributed by atoms with E-state index in [2.05, 4.69) is 10.3 Å². The summed E-state index contributed by atoms with van der Waals surface area (Å²) in [6, 6.07) is 18.3. The number of hydrogen-bond acceptors (Lipinski definition) is 4. The average Bonchev–Trinajstić information content (AvgIpc) is 2.66. The van der Waals surface area contributed by atoms with Gasteiger partial charge in [-0.3, -0.25) is 9.78 Å². The first-order chi connectivity index (χ1) is 12.7. The molecular weight excluding hydrogens is 328 g/mol. The number of fused-ring (bicyclic) bond motifs is 1. The number of anilines is 1. The molecule has 0 aliphatic heterocycles. The molecule has 3 rings (SSSR count). The molecule has 1 amide bonds. The predicted molar refractivity (Wildman–Crippen MR) is 101 cm³/mol. The second-order valence-electron chi connectivity index (χ2n) is 5.60. The van der Waals surface area contributed by atoms with Gasteiger partial charge in [-0.25, -0.2) is 4.79 Å². The number of rotatable bonds is 6. The minimum absolute atomic E-state index is 0.135. The molecule has 0 atom stereocenters. The lowest BCUT2D eigenvalue weighted by atomic mass is 10.2. The zero-order valence-corrected chi connectivity index (χ0v) is 14.1. The van der Waals surface area contributed by atoms with Crippen molar-refractivity contribution in [2.24, 2.45) is 0 Å². The van der Waals surface area contributed by atoms with Gasteiger partial charge in [-0.2, -0.15) is 0 Å². The van der Waals surface area contributed by atoms with Crippen LogP contribution in [0.5, 0.6) is 5.75 Å². The Balaban J connectivity index is 1.49. The third-order valence-corrected chi connectivity index (χ3v) is 3.66. The van der Waals surface area contributed by atoms with Gasteiger partial charge in [0.25, 0.3) is 0 Å². The van der Waals surface area contributed by atoms with Gasteiger partial charge >= 0.3 is 5.97 Å². The number of allylic oxidation sites excluding steroid dienone is 1. The van der Waals surface area contributed by atoms with Crippen molar-refractivity contribution in [1.29, 1.82) is 0 Å². The van der Waals surface area contributed by atoms with E-state index in [0.717, 1.165) is 10.9 Å². The summed E-state index contributed by atoms with van der Waals surface area (Å²) in [5, 5.41) is 3.83. The smallest absolute Gasteiger partial charge is 0.335 e. The molecular formula is C21H18N2O3. The first kappa shape index (κ1) is 17.4. The lowest BCUT2D eigenvalue weighted by Crippen LogP contribution is -2.11. The number of hydrogen-bond donors (Lipinski definition) is 1. The summed E-state index contributed by atoms with van der Waals surface area (Å²) < 4.78 is 5.13. The van der Waals surface area contributed by atoms with E-state index in [1.54, 1.807) is 36.5 Å². The molecule has 5 nitrogen and oxygen atoms in total. The topological polar surface area (TPSA) is 68.3 Å². The third kappa shape index (κ3) is 4.77. The molecule has 0 spiro atoms. The van der Waals surface area contributed by atoms with Crippen LogP contribution in [0.25, 0.3) is 10.9 Å². The molecule has 0 saturated carbocycles. The van der Waals surface area contributed by atoms with Crippen LogP contribution in [-0.2, 0) is 9.59 Å². The van der Waals surface area contributed by atoms with Crippen molar-refractivity contribution in [2.45, 2.75) is 12.8 Å². The van der Waals surface area contributed by atoms with Gasteiger partial charge in [-0.15, -0.1) is 0 Å². The minimum atomic E-state index is -0.463. The number of nitrogens with zero attached hydrogens (tertiary/aromatic N) is 1. The number of carbonyl (C=O) groups is 2. The zero-order valence-electron chi connectivity index (χ0n) is 14.1. The normalized spacial score (nSPS) is 10.8. The van der Waals surface area contributed by atoms with E-state index >= 15 is 0 Å².